The zero-order valence-electron chi connectivity index (χ0n) is 9.60. The molecule has 1 aromatic carbocycles. The fourth-order valence-electron chi connectivity index (χ4n) is 1.29. The summed E-state index contributed by atoms with van der Waals surface area (Å²) in [6, 6.07) is 7.98. The van der Waals surface area contributed by atoms with E-state index in [1.54, 1.807) is 30.3 Å². The van der Waals surface area contributed by atoms with Crippen LogP contribution < -0.4 is 10.2 Å². The Morgan fingerprint density at radius 2 is 1.94 bits per heavy atom. The predicted molar refractivity (Wildman–Crippen MR) is 69.8 cm³/mol. The molecule has 1 aromatic rings. The van der Waals surface area contributed by atoms with E-state index in [0.717, 1.165) is 4.90 Å². The van der Waals surface area contributed by atoms with Crippen LogP contribution >= 0.6 is 11.6 Å². The molecule has 0 unspecified atom stereocenters. The van der Waals surface area contributed by atoms with Crippen LogP contribution in [0, 0.1) is 0 Å². The number of hydrogen-bond donors (Lipinski definition) is 2. The van der Waals surface area contributed by atoms with Gasteiger partial charge in [0.15, 0.2) is 0 Å². The van der Waals surface area contributed by atoms with E-state index in [1.165, 1.54) is 0 Å². The summed E-state index contributed by atoms with van der Waals surface area (Å²) < 4.78 is 0. The third-order valence-corrected chi connectivity index (χ3v) is 2.17. The van der Waals surface area contributed by atoms with Gasteiger partial charge in [0.25, 0.3) is 0 Å². The van der Waals surface area contributed by atoms with Gasteiger partial charge in [-0.2, -0.15) is 0 Å². The first-order valence-electron chi connectivity index (χ1n) is 5.16. The Kier molecular flexibility index (Phi) is 5.20. The minimum Gasteiger partial charge on any atom is -0.480 e. The lowest BCUT2D eigenvalue weighted by Crippen LogP contribution is -2.43. The molecule has 0 spiro atoms. The molecule has 0 atom stereocenters. The summed E-state index contributed by atoms with van der Waals surface area (Å²) in [6.45, 7) is 3.10. The number of carboxylic acid groups (broad SMARTS) is 1. The zero-order valence-corrected chi connectivity index (χ0v) is 10.4. The smallest absolute Gasteiger partial charge is 0.323 e. The summed E-state index contributed by atoms with van der Waals surface area (Å²) in [5.41, 5.74) is 0.498. The average molecular weight is 269 g/mol. The first-order chi connectivity index (χ1) is 8.50. The molecule has 0 aliphatic carbocycles. The van der Waals surface area contributed by atoms with Crippen molar-refractivity contribution in [1.82, 2.24) is 5.32 Å². The normalized spacial score (nSPS) is 9.61. The molecule has 96 valence electrons. The van der Waals surface area contributed by atoms with Crippen molar-refractivity contribution in [2.24, 2.45) is 0 Å². The number of nitrogens with zero attached hydrogens (tertiary/aromatic N) is 1. The molecular formula is C12H13ClN2O3. The van der Waals surface area contributed by atoms with Gasteiger partial charge in [0.05, 0.1) is 6.54 Å². The Bertz CT molecular complexity index is 448. The molecule has 0 aromatic heterocycles. The summed E-state index contributed by atoms with van der Waals surface area (Å²) in [4.78, 5) is 23.7. The second-order valence-corrected chi connectivity index (χ2v) is 4.03. The standard InChI is InChI=1S/C12H13ClN2O3/c1-9(13)7-14-12(18)15(8-11(16)17)10-5-3-2-4-6-10/h2-6H,1,7-8H2,(H,14,18)(H,16,17). The number of urea groups is 1. The number of hydrogen-bond acceptors (Lipinski definition) is 2. The number of para-hydroxylation sites is 1. The topological polar surface area (TPSA) is 69.6 Å². The van der Waals surface area contributed by atoms with Gasteiger partial charge in [0.2, 0.25) is 0 Å². The van der Waals surface area contributed by atoms with Crippen molar-refractivity contribution < 1.29 is 14.7 Å². The lowest BCUT2D eigenvalue weighted by Gasteiger charge is -2.21. The van der Waals surface area contributed by atoms with Crippen molar-refractivity contribution in [3.05, 3.63) is 41.9 Å². The van der Waals surface area contributed by atoms with Crippen molar-refractivity contribution in [1.29, 1.82) is 0 Å². The molecule has 2 amide bonds. The van der Waals surface area contributed by atoms with Crippen molar-refractivity contribution in [2.75, 3.05) is 18.0 Å². The highest BCUT2D eigenvalue weighted by Gasteiger charge is 2.18. The van der Waals surface area contributed by atoms with Crippen LogP contribution in [0.3, 0.4) is 0 Å². The maximum absolute atomic E-state index is 11.8. The molecule has 1 rings (SSSR count). The van der Waals surface area contributed by atoms with Gasteiger partial charge in [-0.05, 0) is 12.1 Å². The summed E-state index contributed by atoms with van der Waals surface area (Å²) >= 11 is 5.53. The SMILES string of the molecule is C=C(Cl)CNC(=O)N(CC(=O)O)c1ccccc1. The molecule has 0 fully saturated rings. The summed E-state index contributed by atoms with van der Waals surface area (Å²) in [7, 11) is 0. The highest BCUT2D eigenvalue weighted by Crippen LogP contribution is 2.13. The fraction of sp³-hybridized carbons (Fsp3) is 0.167. The van der Waals surface area contributed by atoms with Crippen LogP contribution in [0.2, 0.25) is 0 Å². The molecule has 0 heterocycles. The Morgan fingerprint density at radius 1 is 1.33 bits per heavy atom. The van der Waals surface area contributed by atoms with Crippen LogP contribution in [0.4, 0.5) is 10.5 Å². The molecule has 2 N–H and O–H groups in total. The molecular weight excluding hydrogens is 256 g/mol. The second kappa shape index (κ2) is 6.66. The number of carbonyl (C=O) groups excluding carboxylic acids is 1. The minimum absolute atomic E-state index is 0.0866. The van der Waals surface area contributed by atoms with Gasteiger partial charge in [-0.3, -0.25) is 9.69 Å². The number of carboxylic acids is 1. The van der Waals surface area contributed by atoms with Crippen LogP contribution in [0.15, 0.2) is 41.9 Å². The summed E-state index contributed by atoms with van der Waals surface area (Å²) in [5, 5.41) is 11.6. The van der Waals surface area contributed by atoms with Gasteiger partial charge >= 0.3 is 12.0 Å². The molecule has 0 saturated carbocycles. The lowest BCUT2D eigenvalue weighted by atomic mass is 10.3. The van der Waals surface area contributed by atoms with Crippen molar-refractivity contribution in [2.45, 2.75) is 0 Å². The Hall–Kier alpha value is -2.01. The molecule has 0 radical (unpaired) electrons. The van der Waals surface area contributed by atoms with Crippen molar-refractivity contribution in [3.63, 3.8) is 0 Å². The molecule has 18 heavy (non-hydrogen) atoms. The van der Waals surface area contributed by atoms with Crippen LogP contribution in [0.1, 0.15) is 0 Å². The van der Waals surface area contributed by atoms with E-state index in [9.17, 15) is 9.59 Å². The number of rotatable bonds is 5. The highest BCUT2D eigenvalue weighted by molar-refractivity contribution is 6.29. The maximum Gasteiger partial charge on any atom is 0.323 e. The molecule has 0 saturated heterocycles. The monoisotopic (exact) mass is 268 g/mol. The largest absolute Gasteiger partial charge is 0.480 e. The first kappa shape index (κ1) is 14.1. The van der Waals surface area contributed by atoms with Gasteiger partial charge < -0.3 is 10.4 Å². The van der Waals surface area contributed by atoms with E-state index < -0.39 is 18.5 Å². The van der Waals surface area contributed by atoms with E-state index in [1.807, 2.05) is 0 Å². The molecule has 0 aliphatic heterocycles. The van der Waals surface area contributed by atoms with E-state index in [0.29, 0.717) is 5.69 Å². The van der Waals surface area contributed by atoms with Crippen LogP contribution in [-0.4, -0.2) is 30.2 Å². The Morgan fingerprint density at radius 3 is 2.44 bits per heavy atom. The number of halogens is 1. The zero-order chi connectivity index (χ0) is 13.5. The Labute approximate surface area is 110 Å². The number of anilines is 1. The Balaban J connectivity index is 2.81. The number of amides is 2. The lowest BCUT2D eigenvalue weighted by molar-refractivity contribution is -0.135. The van der Waals surface area contributed by atoms with Crippen molar-refractivity contribution >= 4 is 29.3 Å². The highest BCUT2D eigenvalue weighted by atomic mass is 35.5. The van der Waals surface area contributed by atoms with Crippen LogP contribution in [0.25, 0.3) is 0 Å². The third kappa shape index (κ3) is 4.47. The van der Waals surface area contributed by atoms with Crippen molar-refractivity contribution in [3.8, 4) is 0 Å². The van der Waals surface area contributed by atoms with E-state index in [2.05, 4.69) is 11.9 Å². The van der Waals surface area contributed by atoms with Crippen LogP contribution in [-0.2, 0) is 4.79 Å². The second-order valence-electron chi connectivity index (χ2n) is 3.49. The third-order valence-electron chi connectivity index (χ3n) is 2.04. The molecule has 0 aliphatic rings. The molecule has 5 nitrogen and oxygen atoms in total. The summed E-state index contributed by atoms with van der Waals surface area (Å²) in [5.74, 6) is -1.10. The van der Waals surface area contributed by atoms with Crippen LogP contribution in [0.5, 0.6) is 0 Å². The summed E-state index contributed by atoms with van der Waals surface area (Å²) in [6.07, 6.45) is 0. The quantitative estimate of drug-likeness (QED) is 0.859. The maximum atomic E-state index is 11.8. The molecule has 6 heteroatoms. The minimum atomic E-state index is -1.10. The van der Waals surface area contributed by atoms with Gasteiger partial charge in [-0.25, -0.2) is 4.79 Å². The number of benzene rings is 1. The van der Waals surface area contributed by atoms with Gasteiger partial charge in [-0.15, -0.1) is 0 Å². The van der Waals surface area contributed by atoms with E-state index >= 15 is 0 Å². The number of carbonyl (C=O) groups is 2. The number of aliphatic carboxylic acids is 1. The van der Waals surface area contributed by atoms with Gasteiger partial charge in [0.1, 0.15) is 6.54 Å². The van der Waals surface area contributed by atoms with E-state index in [4.69, 9.17) is 16.7 Å². The van der Waals surface area contributed by atoms with E-state index in [-0.39, 0.29) is 11.6 Å². The fourth-order valence-corrected chi connectivity index (χ4v) is 1.36. The predicted octanol–water partition coefficient (Wildman–Crippen LogP) is 2.04. The first-order valence-corrected chi connectivity index (χ1v) is 5.54. The number of nitrogens with one attached hydrogen (secondary N) is 1. The van der Waals surface area contributed by atoms with Gasteiger partial charge in [0, 0.05) is 10.7 Å². The average Bonchev–Trinajstić information content (AvgIpc) is 2.34. The molecule has 0 bridgehead atoms. The van der Waals surface area contributed by atoms with Gasteiger partial charge in [-0.1, -0.05) is 36.4 Å².